The summed E-state index contributed by atoms with van der Waals surface area (Å²) in [5, 5.41) is 2.41. The maximum absolute atomic E-state index is 2.55. The molecule has 1 heteroatoms. The minimum absolute atomic E-state index is 0.962. The van der Waals surface area contributed by atoms with Crippen LogP contribution < -0.4 is 5.32 Å². The Kier molecular flexibility index (Phi) is 5.42. The number of nitrogens with two attached hydrogens (primary N) is 1. The zero-order valence-electron chi connectivity index (χ0n) is 8.39. The summed E-state index contributed by atoms with van der Waals surface area (Å²) in [4.78, 5) is 0. The summed E-state index contributed by atoms with van der Waals surface area (Å²) in [6.07, 6.45) is 11.2. The van der Waals surface area contributed by atoms with E-state index in [9.17, 15) is 0 Å². The van der Waals surface area contributed by atoms with Gasteiger partial charge in [-0.25, -0.2) is 0 Å². The fourth-order valence-electron chi connectivity index (χ4n) is 2.01. The predicted octanol–water partition coefficient (Wildman–Crippen LogP) is 1.74. The summed E-state index contributed by atoms with van der Waals surface area (Å²) < 4.78 is 0. The molecule has 1 atom stereocenters. The van der Waals surface area contributed by atoms with Crippen LogP contribution in [0.3, 0.4) is 0 Å². The lowest BCUT2D eigenvalue weighted by atomic mass is 9.86. The molecule has 0 aliphatic heterocycles. The fraction of sp³-hybridized carbons (Fsp3) is 0.909. The lowest BCUT2D eigenvalue weighted by Gasteiger charge is -2.20. The van der Waals surface area contributed by atoms with Crippen LogP contribution in [0.5, 0.6) is 0 Å². The Labute approximate surface area is 76.9 Å². The Morgan fingerprint density at radius 3 is 3.00 bits per heavy atom. The van der Waals surface area contributed by atoms with Gasteiger partial charge in [-0.15, -0.1) is 0 Å². The maximum Gasteiger partial charge on any atom is 0.0755 e. The van der Waals surface area contributed by atoms with Gasteiger partial charge in [-0.05, 0) is 38.5 Å². The number of hydrogen-bond donors (Lipinski definition) is 1. The average molecular weight is 169 g/mol. The summed E-state index contributed by atoms with van der Waals surface area (Å²) in [5.74, 6) is 0.962. The van der Waals surface area contributed by atoms with Crippen LogP contribution in [0.1, 0.15) is 45.4 Å². The second kappa shape index (κ2) is 6.47. The molecule has 1 radical (unpaired) electrons. The highest BCUT2D eigenvalue weighted by Crippen LogP contribution is 2.25. The van der Waals surface area contributed by atoms with Crippen LogP contribution in [0.2, 0.25) is 0 Å². The molecule has 0 heterocycles. The van der Waals surface area contributed by atoms with E-state index in [1.54, 1.807) is 0 Å². The van der Waals surface area contributed by atoms with Crippen LogP contribution >= 0.6 is 0 Å². The van der Waals surface area contributed by atoms with E-state index in [1.165, 1.54) is 51.6 Å². The normalized spacial score (nSPS) is 19.8. The van der Waals surface area contributed by atoms with E-state index in [-0.39, 0.29) is 0 Å². The standard InChI is InChI=1S/C11H22N/c1-2-12-10-6-9-11-7-4-3-5-8-11/h7,11-12H,2-6,8-10H2,1H3/p+1. The molecule has 1 fully saturated rings. The van der Waals surface area contributed by atoms with Gasteiger partial charge < -0.3 is 5.32 Å². The van der Waals surface area contributed by atoms with Gasteiger partial charge in [0, 0.05) is 0 Å². The van der Waals surface area contributed by atoms with E-state index >= 15 is 0 Å². The minimum Gasteiger partial charge on any atom is -0.346 e. The first-order valence-corrected chi connectivity index (χ1v) is 5.58. The van der Waals surface area contributed by atoms with E-state index in [0.717, 1.165) is 5.92 Å². The van der Waals surface area contributed by atoms with Crippen molar-refractivity contribution >= 4 is 0 Å². The number of hydrogen-bond acceptors (Lipinski definition) is 0. The first-order chi connectivity index (χ1) is 5.93. The second-order valence-electron chi connectivity index (χ2n) is 3.91. The second-order valence-corrected chi connectivity index (χ2v) is 3.91. The summed E-state index contributed by atoms with van der Waals surface area (Å²) in [5.41, 5.74) is 0. The zero-order valence-corrected chi connectivity index (χ0v) is 8.39. The molecule has 0 aromatic heterocycles. The largest absolute Gasteiger partial charge is 0.346 e. The molecule has 0 aromatic carbocycles. The van der Waals surface area contributed by atoms with Gasteiger partial charge in [-0.2, -0.15) is 0 Å². The van der Waals surface area contributed by atoms with E-state index in [2.05, 4.69) is 18.7 Å². The van der Waals surface area contributed by atoms with Gasteiger partial charge in [0.1, 0.15) is 0 Å². The first-order valence-electron chi connectivity index (χ1n) is 5.58. The third-order valence-electron chi connectivity index (χ3n) is 2.80. The van der Waals surface area contributed by atoms with E-state index in [4.69, 9.17) is 0 Å². The predicted molar refractivity (Wildman–Crippen MR) is 52.8 cm³/mol. The molecule has 0 saturated heterocycles. The SMILES string of the molecule is CC[NH2+]CCCC1[CH]CCCC1. The summed E-state index contributed by atoms with van der Waals surface area (Å²) in [7, 11) is 0. The van der Waals surface area contributed by atoms with Crippen LogP contribution in [0.4, 0.5) is 0 Å². The summed E-state index contributed by atoms with van der Waals surface area (Å²) in [6, 6.07) is 0. The van der Waals surface area contributed by atoms with Crippen LogP contribution in [-0.4, -0.2) is 13.1 Å². The molecule has 12 heavy (non-hydrogen) atoms. The molecule has 2 N–H and O–H groups in total. The monoisotopic (exact) mass is 169 g/mol. The molecule has 0 spiro atoms. The van der Waals surface area contributed by atoms with Crippen molar-refractivity contribution in [2.45, 2.75) is 45.4 Å². The Morgan fingerprint density at radius 1 is 1.42 bits per heavy atom. The van der Waals surface area contributed by atoms with Gasteiger partial charge in [-0.3, -0.25) is 0 Å². The Hall–Kier alpha value is -0.0400. The molecule has 0 amide bonds. The van der Waals surface area contributed by atoms with Crippen molar-refractivity contribution in [1.82, 2.24) is 0 Å². The molecular weight excluding hydrogens is 146 g/mol. The Bertz CT molecular complexity index is 95.2. The molecule has 0 aromatic rings. The molecule has 1 unspecified atom stereocenters. The third-order valence-corrected chi connectivity index (χ3v) is 2.80. The molecular formula is C11H23N+. The van der Waals surface area contributed by atoms with Gasteiger partial charge in [0.05, 0.1) is 13.1 Å². The number of quaternary nitrogens is 1. The van der Waals surface area contributed by atoms with Crippen LogP contribution in [0, 0.1) is 12.3 Å². The zero-order chi connectivity index (χ0) is 8.65. The van der Waals surface area contributed by atoms with E-state index in [0.29, 0.717) is 0 Å². The fourth-order valence-corrected chi connectivity index (χ4v) is 2.01. The van der Waals surface area contributed by atoms with Crippen molar-refractivity contribution in [3.8, 4) is 0 Å². The average Bonchev–Trinajstić information content (AvgIpc) is 2.14. The maximum atomic E-state index is 2.55. The lowest BCUT2D eigenvalue weighted by molar-refractivity contribution is -0.652. The smallest absolute Gasteiger partial charge is 0.0755 e. The van der Waals surface area contributed by atoms with Crippen LogP contribution in [0.15, 0.2) is 0 Å². The Morgan fingerprint density at radius 2 is 2.33 bits per heavy atom. The summed E-state index contributed by atoms with van der Waals surface area (Å²) in [6.45, 7) is 4.81. The van der Waals surface area contributed by atoms with Gasteiger partial charge >= 0.3 is 0 Å². The molecule has 1 rings (SSSR count). The topological polar surface area (TPSA) is 16.6 Å². The molecule has 1 saturated carbocycles. The first kappa shape index (κ1) is 10.0. The van der Waals surface area contributed by atoms with Crippen molar-refractivity contribution in [2.75, 3.05) is 13.1 Å². The molecule has 1 aliphatic rings. The number of rotatable bonds is 5. The highest BCUT2D eigenvalue weighted by atomic mass is 14.8. The third kappa shape index (κ3) is 4.10. The molecule has 0 bridgehead atoms. The quantitative estimate of drug-likeness (QED) is 0.604. The van der Waals surface area contributed by atoms with Crippen LogP contribution in [0.25, 0.3) is 0 Å². The molecule has 71 valence electrons. The van der Waals surface area contributed by atoms with Crippen molar-refractivity contribution in [3.63, 3.8) is 0 Å². The molecule has 1 aliphatic carbocycles. The van der Waals surface area contributed by atoms with Gasteiger partial charge in [0.25, 0.3) is 0 Å². The van der Waals surface area contributed by atoms with E-state index < -0.39 is 0 Å². The van der Waals surface area contributed by atoms with Gasteiger partial charge in [-0.1, -0.05) is 19.3 Å². The molecule has 1 nitrogen and oxygen atoms in total. The van der Waals surface area contributed by atoms with Crippen molar-refractivity contribution < 1.29 is 5.32 Å². The highest BCUT2D eigenvalue weighted by Gasteiger charge is 2.12. The summed E-state index contributed by atoms with van der Waals surface area (Å²) >= 11 is 0. The van der Waals surface area contributed by atoms with Crippen molar-refractivity contribution in [1.29, 1.82) is 0 Å². The Balaban J connectivity index is 1.91. The van der Waals surface area contributed by atoms with Gasteiger partial charge in [0.2, 0.25) is 0 Å². The van der Waals surface area contributed by atoms with Gasteiger partial charge in [0.15, 0.2) is 0 Å². The van der Waals surface area contributed by atoms with Crippen LogP contribution in [-0.2, 0) is 0 Å². The minimum atomic E-state index is 0.962. The van der Waals surface area contributed by atoms with Crippen molar-refractivity contribution in [3.05, 3.63) is 6.42 Å². The highest BCUT2D eigenvalue weighted by molar-refractivity contribution is 4.80. The van der Waals surface area contributed by atoms with Crippen molar-refractivity contribution in [2.24, 2.45) is 5.92 Å². The van der Waals surface area contributed by atoms with E-state index in [1.807, 2.05) is 0 Å². The lowest BCUT2D eigenvalue weighted by Crippen LogP contribution is -2.83.